The summed E-state index contributed by atoms with van der Waals surface area (Å²) in [6.45, 7) is 2.74. The van der Waals surface area contributed by atoms with Gasteiger partial charge in [0, 0.05) is 18.3 Å². The quantitative estimate of drug-likeness (QED) is 0.703. The molecule has 0 unspecified atom stereocenters. The van der Waals surface area contributed by atoms with Crippen LogP contribution in [-0.4, -0.2) is 24.4 Å². The van der Waals surface area contributed by atoms with Gasteiger partial charge in [0.1, 0.15) is 10.8 Å². The summed E-state index contributed by atoms with van der Waals surface area (Å²) < 4.78 is 18.8. The van der Waals surface area contributed by atoms with Crippen LogP contribution in [0.2, 0.25) is 0 Å². The van der Waals surface area contributed by atoms with E-state index in [1.807, 2.05) is 0 Å². The molecular weight excluding hydrogens is 395 g/mol. The number of fused-ring (bicyclic) bond motifs is 1. The fourth-order valence-electron chi connectivity index (χ4n) is 3.23. The minimum Gasteiger partial charge on any atom is -0.452 e. The predicted octanol–water partition coefficient (Wildman–Crippen LogP) is 3.51. The summed E-state index contributed by atoms with van der Waals surface area (Å²) in [5.74, 6) is -1.70. The van der Waals surface area contributed by atoms with Gasteiger partial charge in [-0.05, 0) is 55.4 Å². The number of amides is 2. The minimum absolute atomic E-state index is 0.137. The number of anilines is 1. The third kappa shape index (κ3) is 5.20. The number of rotatable bonds is 6. The molecule has 2 amide bonds. The van der Waals surface area contributed by atoms with E-state index in [0.29, 0.717) is 21.7 Å². The number of ether oxygens (including phenoxy) is 1. The topological polar surface area (TPSA) is 84.5 Å². The van der Waals surface area contributed by atoms with Crippen molar-refractivity contribution in [3.8, 4) is 0 Å². The first kappa shape index (κ1) is 21.0. The van der Waals surface area contributed by atoms with Crippen molar-refractivity contribution >= 4 is 34.1 Å². The van der Waals surface area contributed by atoms with E-state index >= 15 is 0 Å². The van der Waals surface area contributed by atoms with Crippen LogP contribution in [0.5, 0.6) is 0 Å². The third-order valence-electron chi connectivity index (χ3n) is 4.73. The van der Waals surface area contributed by atoms with E-state index in [0.717, 1.165) is 36.1 Å². The number of benzene rings is 1. The van der Waals surface area contributed by atoms with Gasteiger partial charge in [-0.25, -0.2) is 9.18 Å². The van der Waals surface area contributed by atoms with E-state index in [1.54, 1.807) is 19.1 Å². The number of hydrogen-bond donors (Lipinski definition) is 2. The van der Waals surface area contributed by atoms with Gasteiger partial charge in [0.05, 0.1) is 5.56 Å². The van der Waals surface area contributed by atoms with Gasteiger partial charge >= 0.3 is 5.97 Å². The lowest BCUT2D eigenvalue weighted by Gasteiger charge is -2.13. The number of carbonyl (C=O) groups excluding carboxylic acids is 3. The average Bonchev–Trinajstić information content (AvgIpc) is 3.04. The first-order valence-corrected chi connectivity index (χ1v) is 10.3. The van der Waals surface area contributed by atoms with Crippen LogP contribution < -0.4 is 10.6 Å². The molecule has 0 bridgehead atoms. The number of carbonyl (C=O) groups is 3. The highest BCUT2D eigenvalue weighted by atomic mass is 32.1. The Morgan fingerprint density at radius 1 is 1.21 bits per heavy atom. The highest BCUT2D eigenvalue weighted by Crippen LogP contribution is 2.38. The van der Waals surface area contributed by atoms with Crippen molar-refractivity contribution in [3.05, 3.63) is 51.1 Å². The maximum absolute atomic E-state index is 13.6. The molecule has 8 heteroatoms. The molecule has 29 heavy (non-hydrogen) atoms. The van der Waals surface area contributed by atoms with Crippen LogP contribution in [0, 0.1) is 12.7 Å². The Kier molecular flexibility index (Phi) is 6.64. The number of nitrogens with one attached hydrogen (secondary N) is 2. The van der Waals surface area contributed by atoms with Crippen molar-refractivity contribution in [2.24, 2.45) is 0 Å². The Bertz CT molecular complexity index is 954. The van der Waals surface area contributed by atoms with Gasteiger partial charge in [-0.2, -0.15) is 0 Å². The second-order valence-electron chi connectivity index (χ2n) is 7.03. The van der Waals surface area contributed by atoms with E-state index < -0.39 is 18.5 Å². The van der Waals surface area contributed by atoms with E-state index in [4.69, 9.17) is 4.74 Å². The van der Waals surface area contributed by atoms with Crippen LogP contribution in [-0.2, 0) is 33.7 Å². The molecule has 1 aliphatic carbocycles. The smallest absolute Gasteiger partial charge is 0.341 e. The summed E-state index contributed by atoms with van der Waals surface area (Å²) in [5.41, 5.74) is 2.41. The molecule has 0 spiro atoms. The molecule has 1 aromatic carbocycles. The van der Waals surface area contributed by atoms with E-state index in [1.165, 1.54) is 24.3 Å². The number of thiophene rings is 1. The molecule has 0 saturated heterocycles. The van der Waals surface area contributed by atoms with Crippen molar-refractivity contribution in [2.75, 3.05) is 11.9 Å². The Morgan fingerprint density at radius 2 is 1.97 bits per heavy atom. The third-order valence-corrected chi connectivity index (χ3v) is 5.93. The van der Waals surface area contributed by atoms with Crippen molar-refractivity contribution in [1.29, 1.82) is 0 Å². The number of aryl methyl sites for hydroxylation is 2. The molecule has 1 heterocycles. The molecule has 0 fully saturated rings. The fourth-order valence-corrected chi connectivity index (χ4v) is 4.55. The molecule has 1 aliphatic rings. The average molecular weight is 418 g/mol. The maximum Gasteiger partial charge on any atom is 0.341 e. The molecule has 0 radical (unpaired) electrons. The lowest BCUT2D eigenvalue weighted by Crippen LogP contribution is -2.28. The maximum atomic E-state index is 13.6. The largest absolute Gasteiger partial charge is 0.452 e. The van der Waals surface area contributed by atoms with Crippen LogP contribution in [0.3, 0.4) is 0 Å². The van der Waals surface area contributed by atoms with Gasteiger partial charge in [-0.15, -0.1) is 11.3 Å². The normalized spacial score (nSPS) is 12.8. The standard InChI is InChI=1S/C21H23FN2O4S/c1-12-7-8-14(9-16(12)22)10-23-18(26)11-28-21(27)19-15-5-3-4-6-17(15)29-20(19)24-13(2)25/h7-9H,3-6,10-11H2,1-2H3,(H,23,26)(H,24,25). The first-order chi connectivity index (χ1) is 13.8. The summed E-state index contributed by atoms with van der Waals surface area (Å²) in [4.78, 5) is 37.3. The summed E-state index contributed by atoms with van der Waals surface area (Å²) in [6, 6.07) is 4.72. The second kappa shape index (κ2) is 9.17. The van der Waals surface area contributed by atoms with Gasteiger partial charge in [0.25, 0.3) is 5.91 Å². The van der Waals surface area contributed by atoms with Crippen LogP contribution in [0.1, 0.15) is 51.7 Å². The van der Waals surface area contributed by atoms with E-state index in [2.05, 4.69) is 10.6 Å². The van der Waals surface area contributed by atoms with Gasteiger partial charge in [0.2, 0.25) is 5.91 Å². The predicted molar refractivity (Wildman–Crippen MR) is 109 cm³/mol. The molecule has 2 aromatic rings. The summed E-state index contributed by atoms with van der Waals surface area (Å²) in [7, 11) is 0. The highest BCUT2D eigenvalue weighted by molar-refractivity contribution is 7.17. The number of hydrogen-bond acceptors (Lipinski definition) is 5. The molecule has 0 atom stereocenters. The molecule has 0 aliphatic heterocycles. The van der Waals surface area contributed by atoms with E-state index in [9.17, 15) is 18.8 Å². The lowest BCUT2D eigenvalue weighted by molar-refractivity contribution is -0.124. The summed E-state index contributed by atoms with van der Waals surface area (Å²) in [6.07, 6.45) is 3.63. The molecule has 2 N–H and O–H groups in total. The summed E-state index contributed by atoms with van der Waals surface area (Å²) in [5, 5.41) is 5.78. The van der Waals surface area contributed by atoms with Gasteiger partial charge in [0.15, 0.2) is 6.61 Å². The Morgan fingerprint density at radius 3 is 2.69 bits per heavy atom. The van der Waals surface area contributed by atoms with Gasteiger partial charge in [-0.3, -0.25) is 9.59 Å². The first-order valence-electron chi connectivity index (χ1n) is 9.46. The number of esters is 1. The Hall–Kier alpha value is -2.74. The zero-order valence-corrected chi connectivity index (χ0v) is 17.2. The summed E-state index contributed by atoms with van der Waals surface area (Å²) >= 11 is 1.39. The van der Waals surface area contributed by atoms with Crippen molar-refractivity contribution in [3.63, 3.8) is 0 Å². The molecular formula is C21H23FN2O4S. The molecule has 154 valence electrons. The zero-order valence-electron chi connectivity index (χ0n) is 16.4. The van der Waals surface area contributed by atoms with E-state index in [-0.39, 0.29) is 18.3 Å². The monoisotopic (exact) mass is 418 g/mol. The molecule has 0 saturated carbocycles. The zero-order chi connectivity index (χ0) is 21.0. The van der Waals surface area contributed by atoms with Gasteiger partial charge in [-0.1, -0.05) is 12.1 Å². The van der Waals surface area contributed by atoms with Crippen LogP contribution >= 0.6 is 11.3 Å². The van der Waals surface area contributed by atoms with Gasteiger partial charge < -0.3 is 15.4 Å². The van der Waals surface area contributed by atoms with Crippen LogP contribution in [0.25, 0.3) is 0 Å². The van der Waals surface area contributed by atoms with Crippen LogP contribution in [0.4, 0.5) is 9.39 Å². The fraction of sp³-hybridized carbons (Fsp3) is 0.381. The number of halogens is 1. The highest BCUT2D eigenvalue weighted by Gasteiger charge is 2.27. The Balaban J connectivity index is 1.61. The van der Waals surface area contributed by atoms with Crippen molar-refractivity contribution in [2.45, 2.75) is 46.1 Å². The lowest BCUT2D eigenvalue weighted by atomic mass is 9.95. The molecule has 3 rings (SSSR count). The van der Waals surface area contributed by atoms with Crippen LogP contribution in [0.15, 0.2) is 18.2 Å². The Labute approximate surface area is 172 Å². The minimum atomic E-state index is -0.621. The van der Waals surface area contributed by atoms with Crippen molar-refractivity contribution < 1.29 is 23.5 Å². The van der Waals surface area contributed by atoms with Crippen molar-refractivity contribution in [1.82, 2.24) is 5.32 Å². The second-order valence-corrected chi connectivity index (χ2v) is 8.14. The molecule has 1 aromatic heterocycles. The molecule has 6 nitrogen and oxygen atoms in total. The SMILES string of the molecule is CC(=O)Nc1sc2c(c1C(=O)OCC(=O)NCc1ccc(C)c(F)c1)CCCC2.